The van der Waals surface area contributed by atoms with Gasteiger partial charge in [0.05, 0.1) is 10.6 Å². The second-order valence-electron chi connectivity index (χ2n) is 5.49. The van der Waals surface area contributed by atoms with Crippen LogP contribution >= 0.6 is 23.1 Å². The van der Waals surface area contributed by atoms with Crippen molar-refractivity contribution in [3.63, 3.8) is 0 Å². The van der Waals surface area contributed by atoms with Gasteiger partial charge in [0.2, 0.25) is 5.16 Å². The molecule has 0 bridgehead atoms. The number of benzene rings is 1. The number of H-pyrrole nitrogens is 1. The number of thioether (sulfide) groups is 1. The Kier molecular flexibility index (Phi) is 4.10. The monoisotopic (exact) mass is 370 g/mol. The van der Waals surface area contributed by atoms with Crippen LogP contribution in [0.4, 0.5) is 0 Å². The van der Waals surface area contributed by atoms with Gasteiger partial charge in [-0.2, -0.15) is 0 Å². The van der Waals surface area contributed by atoms with E-state index in [2.05, 4.69) is 25.5 Å². The molecule has 126 valence electrons. The summed E-state index contributed by atoms with van der Waals surface area (Å²) in [6, 6.07) is 9.87. The number of aromatic amines is 1. The van der Waals surface area contributed by atoms with Gasteiger partial charge in [0.1, 0.15) is 10.7 Å². The van der Waals surface area contributed by atoms with E-state index in [1.807, 2.05) is 42.6 Å². The lowest BCUT2D eigenvalue weighted by molar-refractivity contribution is 0.663. The van der Waals surface area contributed by atoms with E-state index in [0.29, 0.717) is 16.4 Å². The fourth-order valence-corrected chi connectivity index (χ4v) is 4.29. The summed E-state index contributed by atoms with van der Waals surface area (Å²) in [6.45, 7) is 1.97. The minimum atomic E-state index is -0.122. The van der Waals surface area contributed by atoms with E-state index in [1.54, 1.807) is 11.7 Å². The molecule has 0 aliphatic carbocycles. The third-order valence-corrected chi connectivity index (χ3v) is 5.80. The van der Waals surface area contributed by atoms with Gasteiger partial charge in [0, 0.05) is 18.0 Å². The van der Waals surface area contributed by atoms with Crippen molar-refractivity contribution in [1.29, 1.82) is 0 Å². The summed E-state index contributed by atoms with van der Waals surface area (Å²) in [5.41, 5.74) is 1.81. The molecule has 25 heavy (non-hydrogen) atoms. The van der Waals surface area contributed by atoms with Crippen LogP contribution < -0.4 is 5.56 Å². The summed E-state index contributed by atoms with van der Waals surface area (Å²) >= 11 is 2.93. The van der Waals surface area contributed by atoms with Crippen LogP contribution in [0.2, 0.25) is 0 Å². The Balaban J connectivity index is 1.74. The average molecular weight is 370 g/mol. The summed E-state index contributed by atoms with van der Waals surface area (Å²) < 4.78 is 1.59. The Hall–Kier alpha value is -2.52. The summed E-state index contributed by atoms with van der Waals surface area (Å²) in [5, 5.41) is 14.6. The number of nitrogens with one attached hydrogen (secondary N) is 1. The van der Waals surface area contributed by atoms with Gasteiger partial charge in [-0.05, 0) is 22.9 Å². The van der Waals surface area contributed by atoms with Crippen LogP contribution in [0.1, 0.15) is 18.0 Å². The highest BCUT2D eigenvalue weighted by molar-refractivity contribution is 7.99. The predicted molar refractivity (Wildman–Crippen MR) is 98.7 cm³/mol. The van der Waals surface area contributed by atoms with Gasteiger partial charge >= 0.3 is 0 Å². The van der Waals surface area contributed by atoms with Gasteiger partial charge in [-0.1, -0.05) is 42.1 Å². The van der Waals surface area contributed by atoms with Crippen LogP contribution in [-0.2, 0) is 7.05 Å². The zero-order chi connectivity index (χ0) is 17.4. The normalized spacial score (nSPS) is 12.6. The van der Waals surface area contributed by atoms with E-state index in [0.717, 1.165) is 16.0 Å². The summed E-state index contributed by atoms with van der Waals surface area (Å²) in [4.78, 5) is 21.0. The molecule has 1 N–H and O–H groups in total. The van der Waals surface area contributed by atoms with Crippen LogP contribution in [0.25, 0.3) is 21.3 Å². The highest BCUT2D eigenvalue weighted by Crippen LogP contribution is 2.34. The number of hydrogen-bond donors (Lipinski definition) is 1. The number of thiophene rings is 1. The Bertz CT molecular complexity index is 1080. The molecule has 0 aliphatic rings. The molecule has 0 saturated carbocycles. The van der Waals surface area contributed by atoms with Crippen molar-refractivity contribution in [3.8, 4) is 11.1 Å². The zero-order valence-corrected chi connectivity index (χ0v) is 15.1. The maximum Gasteiger partial charge on any atom is 0.260 e. The summed E-state index contributed by atoms with van der Waals surface area (Å²) in [5.74, 6) is 0.618. The van der Waals surface area contributed by atoms with E-state index >= 15 is 0 Å². The summed E-state index contributed by atoms with van der Waals surface area (Å²) in [7, 11) is 1.78. The molecule has 3 heterocycles. The molecule has 0 radical (unpaired) electrons. The predicted octanol–water partition coefficient (Wildman–Crippen LogP) is 3.03. The van der Waals surface area contributed by atoms with Crippen LogP contribution in [0.15, 0.2) is 45.7 Å². The lowest BCUT2D eigenvalue weighted by atomic mass is 10.1. The molecule has 0 saturated heterocycles. The highest BCUT2D eigenvalue weighted by atomic mass is 32.2. The Morgan fingerprint density at radius 3 is 2.80 bits per heavy atom. The molecule has 7 nitrogen and oxygen atoms in total. The SMILES string of the molecule is C[C@@H](Sc1nnnn1C)c1nc2scc(-c3ccccc3)c2c(=O)[nH]1. The fourth-order valence-electron chi connectivity index (χ4n) is 2.52. The lowest BCUT2D eigenvalue weighted by Crippen LogP contribution is -2.12. The van der Waals surface area contributed by atoms with Crippen molar-refractivity contribution < 1.29 is 0 Å². The van der Waals surface area contributed by atoms with Gasteiger partial charge in [0.15, 0.2) is 0 Å². The van der Waals surface area contributed by atoms with Gasteiger partial charge < -0.3 is 4.98 Å². The molecular formula is C16H14N6OS2. The number of nitrogens with zero attached hydrogens (tertiary/aromatic N) is 5. The molecule has 3 aromatic heterocycles. The highest BCUT2D eigenvalue weighted by Gasteiger charge is 2.18. The standard InChI is InChI=1S/C16H14N6OS2/c1-9(25-16-19-20-21-22(16)2)13-17-14(23)12-11(8-24-15(12)18-13)10-6-4-3-5-7-10/h3-9H,1-2H3,(H,17,18,23)/t9-/m1/s1. The van der Waals surface area contributed by atoms with Crippen LogP contribution in [0, 0.1) is 0 Å². The van der Waals surface area contributed by atoms with Crippen molar-refractivity contribution in [2.24, 2.45) is 7.05 Å². The van der Waals surface area contributed by atoms with E-state index in [4.69, 9.17) is 0 Å². The van der Waals surface area contributed by atoms with Gasteiger partial charge in [-0.15, -0.1) is 16.4 Å². The van der Waals surface area contributed by atoms with Crippen molar-refractivity contribution >= 4 is 33.3 Å². The largest absolute Gasteiger partial charge is 0.309 e. The topological polar surface area (TPSA) is 89.3 Å². The Morgan fingerprint density at radius 2 is 2.08 bits per heavy atom. The van der Waals surface area contributed by atoms with Crippen molar-refractivity contribution in [2.45, 2.75) is 17.3 Å². The molecule has 1 atom stereocenters. The first-order chi connectivity index (χ1) is 12.1. The number of aromatic nitrogens is 6. The quantitative estimate of drug-likeness (QED) is 0.556. The second kappa shape index (κ2) is 6.41. The van der Waals surface area contributed by atoms with Crippen LogP contribution in [0.3, 0.4) is 0 Å². The van der Waals surface area contributed by atoms with Crippen molar-refractivity contribution in [2.75, 3.05) is 0 Å². The van der Waals surface area contributed by atoms with Crippen molar-refractivity contribution in [3.05, 3.63) is 51.9 Å². The zero-order valence-electron chi connectivity index (χ0n) is 13.5. The Morgan fingerprint density at radius 1 is 1.28 bits per heavy atom. The second-order valence-corrected chi connectivity index (χ2v) is 7.66. The maximum absolute atomic E-state index is 12.7. The number of hydrogen-bond acceptors (Lipinski definition) is 7. The first-order valence-corrected chi connectivity index (χ1v) is 9.35. The van der Waals surface area contributed by atoms with Gasteiger partial charge in [-0.3, -0.25) is 4.79 Å². The molecular weight excluding hydrogens is 356 g/mol. The first-order valence-electron chi connectivity index (χ1n) is 7.59. The molecule has 4 aromatic rings. The molecule has 9 heteroatoms. The van der Waals surface area contributed by atoms with Crippen LogP contribution in [0.5, 0.6) is 0 Å². The van der Waals surface area contributed by atoms with Gasteiger partial charge in [0.25, 0.3) is 5.56 Å². The molecule has 0 unspecified atom stereocenters. The minimum absolute atomic E-state index is 0.0796. The average Bonchev–Trinajstić information content (AvgIpc) is 3.22. The van der Waals surface area contributed by atoms with E-state index in [-0.39, 0.29) is 10.8 Å². The molecule has 0 amide bonds. The molecule has 0 spiro atoms. The molecule has 1 aromatic carbocycles. The summed E-state index contributed by atoms with van der Waals surface area (Å²) in [6.07, 6.45) is 0. The Labute approximate surface area is 151 Å². The maximum atomic E-state index is 12.7. The van der Waals surface area contributed by atoms with Crippen LogP contribution in [-0.4, -0.2) is 30.2 Å². The smallest absolute Gasteiger partial charge is 0.260 e. The minimum Gasteiger partial charge on any atom is -0.309 e. The van der Waals surface area contributed by atoms with Crippen molar-refractivity contribution in [1.82, 2.24) is 30.2 Å². The fraction of sp³-hybridized carbons (Fsp3) is 0.188. The number of aryl methyl sites for hydroxylation is 1. The van der Waals surface area contributed by atoms with Gasteiger partial charge in [-0.25, -0.2) is 9.67 Å². The number of fused-ring (bicyclic) bond motifs is 1. The molecule has 0 aliphatic heterocycles. The number of rotatable bonds is 4. The third kappa shape index (κ3) is 2.96. The lowest BCUT2D eigenvalue weighted by Gasteiger charge is -2.09. The molecule has 4 rings (SSSR count). The first kappa shape index (κ1) is 16.0. The number of tetrazole rings is 1. The van der Waals surface area contributed by atoms with E-state index in [9.17, 15) is 4.79 Å². The molecule has 0 fully saturated rings. The van der Waals surface area contributed by atoms with E-state index < -0.39 is 0 Å². The van der Waals surface area contributed by atoms with E-state index in [1.165, 1.54) is 23.1 Å². The third-order valence-electron chi connectivity index (χ3n) is 3.80.